The molecule has 0 radical (unpaired) electrons. The van der Waals surface area contributed by atoms with E-state index in [2.05, 4.69) is 0 Å². The predicted octanol–water partition coefficient (Wildman–Crippen LogP) is 4.27. The molecule has 0 aliphatic rings. The summed E-state index contributed by atoms with van der Waals surface area (Å²) in [6, 6.07) is 4.13. The van der Waals surface area contributed by atoms with Gasteiger partial charge in [0.1, 0.15) is 6.04 Å². The first kappa shape index (κ1) is 16.0. The Morgan fingerprint density at radius 2 is 1.58 bits per heavy atom. The lowest BCUT2D eigenvalue weighted by Crippen LogP contribution is -2.39. The maximum atomic E-state index is 13.2. The number of hydrogen-bond donors (Lipinski definition) is 1. The number of alkyl halides is 4. The van der Waals surface area contributed by atoms with Crippen LogP contribution >= 0.6 is 0 Å². The molecule has 0 aliphatic heterocycles. The molecule has 0 heterocycles. The van der Waals surface area contributed by atoms with E-state index in [1.165, 1.54) is 12.1 Å². The van der Waals surface area contributed by atoms with E-state index < -0.39 is 18.4 Å². The zero-order valence-electron chi connectivity index (χ0n) is 11.3. The summed E-state index contributed by atoms with van der Waals surface area (Å²) in [5, 5.41) is 0. The summed E-state index contributed by atoms with van der Waals surface area (Å²) in [6.07, 6.45) is -2.89. The number of nitrogens with two attached hydrogens (primary N) is 1. The number of rotatable bonds is 5. The van der Waals surface area contributed by atoms with E-state index in [0.717, 1.165) is 12.0 Å². The molecule has 1 unspecified atom stereocenters. The highest BCUT2D eigenvalue weighted by Crippen LogP contribution is 2.35. The molecular formula is C14H19F4N. The lowest BCUT2D eigenvalue weighted by atomic mass is 9.81. The van der Waals surface area contributed by atoms with Crippen molar-refractivity contribution in [3.8, 4) is 0 Å². The molecule has 0 amide bonds. The van der Waals surface area contributed by atoms with E-state index in [1.54, 1.807) is 12.1 Å². The van der Waals surface area contributed by atoms with E-state index >= 15 is 0 Å². The number of benzene rings is 1. The minimum atomic E-state index is -4.22. The lowest BCUT2D eigenvalue weighted by molar-refractivity contribution is -0.144. The molecule has 0 saturated carbocycles. The van der Waals surface area contributed by atoms with Gasteiger partial charge in [0.2, 0.25) is 0 Å². The summed E-state index contributed by atoms with van der Waals surface area (Å²) in [7, 11) is 0. The summed E-state index contributed by atoms with van der Waals surface area (Å²) >= 11 is 0. The van der Waals surface area contributed by atoms with Crippen molar-refractivity contribution in [2.24, 2.45) is 5.73 Å². The Balaban J connectivity index is 3.00. The van der Waals surface area contributed by atoms with Gasteiger partial charge in [0.25, 0.3) is 0 Å². The standard InChI is InChI=1S/C14H19F4N/c1-4-13(2,3)10-7-5-9(6-8-10)11(19)14(17,18)12(15)16/h5-8,11-12H,4,19H2,1-3H3. The molecule has 0 saturated heterocycles. The van der Waals surface area contributed by atoms with Crippen LogP contribution in [0, 0.1) is 0 Å². The second-order valence-electron chi connectivity index (χ2n) is 5.31. The fourth-order valence-corrected chi connectivity index (χ4v) is 1.70. The molecule has 19 heavy (non-hydrogen) atoms. The van der Waals surface area contributed by atoms with Gasteiger partial charge >= 0.3 is 12.3 Å². The third-order valence-electron chi connectivity index (χ3n) is 3.64. The van der Waals surface area contributed by atoms with Crippen molar-refractivity contribution < 1.29 is 17.6 Å². The zero-order valence-corrected chi connectivity index (χ0v) is 11.3. The third-order valence-corrected chi connectivity index (χ3v) is 3.64. The first-order valence-electron chi connectivity index (χ1n) is 6.15. The smallest absolute Gasteiger partial charge is 0.319 e. The summed E-state index contributed by atoms with van der Waals surface area (Å²) in [5.74, 6) is -4.22. The van der Waals surface area contributed by atoms with Crippen LogP contribution in [-0.2, 0) is 5.41 Å². The Labute approximate surface area is 110 Å². The van der Waals surface area contributed by atoms with E-state index in [-0.39, 0.29) is 11.0 Å². The van der Waals surface area contributed by atoms with Crippen molar-refractivity contribution in [2.45, 2.75) is 51.0 Å². The van der Waals surface area contributed by atoms with Gasteiger partial charge in [-0.3, -0.25) is 0 Å². The second kappa shape index (κ2) is 5.49. The summed E-state index contributed by atoms with van der Waals surface area (Å²) < 4.78 is 50.8. The Bertz CT molecular complexity index is 412. The summed E-state index contributed by atoms with van der Waals surface area (Å²) in [4.78, 5) is 0. The van der Waals surface area contributed by atoms with Gasteiger partial charge in [0, 0.05) is 0 Å². The van der Waals surface area contributed by atoms with Gasteiger partial charge in [0.15, 0.2) is 0 Å². The molecule has 5 heteroatoms. The van der Waals surface area contributed by atoms with E-state index in [0.29, 0.717) is 0 Å². The monoisotopic (exact) mass is 277 g/mol. The molecule has 1 rings (SSSR count). The van der Waals surface area contributed by atoms with Gasteiger partial charge in [-0.05, 0) is 23.0 Å². The topological polar surface area (TPSA) is 26.0 Å². The molecular weight excluding hydrogens is 258 g/mol. The van der Waals surface area contributed by atoms with Gasteiger partial charge in [-0.15, -0.1) is 0 Å². The lowest BCUT2D eigenvalue weighted by Gasteiger charge is -2.26. The van der Waals surface area contributed by atoms with Gasteiger partial charge in [-0.2, -0.15) is 8.78 Å². The molecule has 0 aromatic heterocycles. The minimum absolute atomic E-state index is 0.0148. The fraction of sp³-hybridized carbons (Fsp3) is 0.571. The average Bonchev–Trinajstić information content (AvgIpc) is 2.37. The van der Waals surface area contributed by atoms with Crippen molar-refractivity contribution in [2.75, 3.05) is 0 Å². The summed E-state index contributed by atoms with van der Waals surface area (Å²) in [6.45, 7) is 6.07. The quantitative estimate of drug-likeness (QED) is 0.799. The van der Waals surface area contributed by atoms with Crippen LogP contribution in [0.5, 0.6) is 0 Å². The third kappa shape index (κ3) is 3.26. The molecule has 0 bridgehead atoms. The zero-order chi connectivity index (χ0) is 14.8. The van der Waals surface area contributed by atoms with Crippen LogP contribution < -0.4 is 5.73 Å². The van der Waals surface area contributed by atoms with Gasteiger partial charge < -0.3 is 5.73 Å². The van der Waals surface area contributed by atoms with Crippen LogP contribution in [0.4, 0.5) is 17.6 Å². The van der Waals surface area contributed by atoms with Crippen molar-refractivity contribution in [3.63, 3.8) is 0 Å². The van der Waals surface area contributed by atoms with Crippen LogP contribution in [0.3, 0.4) is 0 Å². The number of halogens is 4. The highest BCUT2D eigenvalue weighted by molar-refractivity contribution is 5.30. The highest BCUT2D eigenvalue weighted by Gasteiger charge is 2.47. The molecule has 0 aliphatic carbocycles. The molecule has 1 nitrogen and oxygen atoms in total. The predicted molar refractivity (Wildman–Crippen MR) is 67.6 cm³/mol. The molecule has 1 atom stereocenters. The molecule has 1 aromatic carbocycles. The number of hydrogen-bond acceptors (Lipinski definition) is 1. The molecule has 2 N–H and O–H groups in total. The van der Waals surface area contributed by atoms with Gasteiger partial charge in [0.05, 0.1) is 0 Å². The maximum absolute atomic E-state index is 13.2. The second-order valence-corrected chi connectivity index (χ2v) is 5.31. The van der Waals surface area contributed by atoms with E-state index in [4.69, 9.17) is 5.73 Å². The first-order valence-corrected chi connectivity index (χ1v) is 6.15. The Kier molecular flexibility index (Phi) is 4.61. The van der Waals surface area contributed by atoms with Crippen molar-refractivity contribution in [1.82, 2.24) is 0 Å². The molecule has 0 spiro atoms. The SMILES string of the molecule is CCC(C)(C)c1ccc(C(N)C(F)(F)C(F)F)cc1. The van der Waals surface area contributed by atoms with Crippen LogP contribution in [0.15, 0.2) is 24.3 Å². The van der Waals surface area contributed by atoms with Crippen molar-refractivity contribution in [3.05, 3.63) is 35.4 Å². The van der Waals surface area contributed by atoms with Crippen LogP contribution in [0.1, 0.15) is 44.4 Å². The fourth-order valence-electron chi connectivity index (χ4n) is 1.70. The molecule has 0 fully saturated rings. The van der Waals surface area contributed by atoms with Crippen LogP contribution in [0.25, 0.3) is 0 Å². The van der Waals surface area contributed by atoms with Gasteiger partial charge in [-0.1, -0.05) is 45.0 Å². The van der Waals surface area contributed by atoms with E-state index in [9.17, 15) is 17.6 Å². The van der Waals surface area contributed by atoms with Gasteiger partial charge in [-0.25, -0.2) is 8.78 Å². The maximum Gasteiger partial charge on any atom is 0.326 e. The Hall–Kier alpha value is -1.10. The normalized spacial score (nSPS) is 14.8. The highest BCUT2D eigenvalue weighted by atomic mass is 19.3. The summed E-state index contributed by atoms with van der Waals surface area (Å²) in [5.41, 5.74) is 6.12. The van der Waals surface area contributed by atoms with Crippen molar-refractivity contribution in [1.29, 1.82) is 0 Å². The minimum Gasteiger partial charge on any atom is -0.319 e. The molecule has 1 aromatic rings. The molecule has 108 valence electrons. The average molecular weight is 277 g/mol. The van der Waals surface area contributed by atoms with Crippen molar-refractivity contribution >= 4 is 0 Å². The largest absolute Gasteiger partial charge is 0.326 e. The first-order chi connectivity index (χ1) is 8.63. The Morgan fingerprint density at radius 1 is 1.11 bits per heavy atom. The van der Waals surface area contributed by atoms with Crippen LogP contribution in [-0.4, -0.2) is 12.3 Å². The Morgan fingerprint density at radius 3 is 1.95 bits per heavy atom. The van der Waals surface area contributed by atoms with E-state index in [1.807, 2.05) is 20.8 Å². The van der Waals surface area contributed by atoms with Crippen LogP contribution in [0.2, 0.25) is 0 Å².